The summed E-state index contributed by atoms with van der Waals surface area (Å²) in [7, 11) is 0. The van der Waals surface area contributed by atoms with Crippen molar-refractivity contribution in [3.05, 3.63) is 90.3 Å². The van der Waals surface area contributed by atoms with Crippen molar-refractivity contribution < 1.29 is 13.2 Å². The Labute approximate surface area is 202 Å². The molecule has 0 fully saturated rings. The van der Waals surface area contributed by atoms with Gasteiger partial charge in [0.15, 0.2) is 11.5 Å². The maximum atomic E-state index is 14.3. The van der Waals surface area contributed by atoms with Gasteiger partial charge in [-0.25, -0.2) is 9.67 Å². The largest absolute Gasteiger partial charge is 0.434 e. The highest BCUT2D eigenvalue weighted by Gasteiger charge is 2.39. The van der Waals surface area contributed by atoms with Crippen LogP contribution in [0.4, 0.5) is 18.9 Å². The number of hydrogen-bond acceptors (Lipinski definition) is 7. The van der Waals surface area contributed by atoms with Crippen molar-refractivity contribution in [2.75, 3.05) is 5.32 Å². The molecule has 0 saturated heterocycles. The molecule has 5 rings (SSSR count). The van der Waals surface area contributed by atoms with Gasteiger partial charge in [-0.05, 0) is 37.3 Å². The van der Waals surface area contributed by atoms with Gasteiger partial charge in [0.1, 0.15) is 11.6 Å². The van der Waals surface area contributed by atoms with E-state index < -0.39 is 11.9 Å². The van der Waals surface area contributed by atoms with Gasteiger partial charge in [-0.15, -0.1) is 4.80 Å². The van der Waals surface area contributed by atoms with Crippen LogP contribution in [0.1, 0.15) is 22.5 Å². The van der Waals surface area contributed by atoms with Gasteiger partial charge in [-0.2, -0.15) is 33.7 Å². The van der Waals surface area contributed by atoms with Crippen LogP contribution in [-0.2, 0) is 6.18 Å². The second-order valence-corrected chi connectivity index (χ2v) is 7.74. The smallest absolute Gasteiger partial charge is 0.354 e. The summed E-state index contributed by atoms with van der Waals surface area (Å²) in [6.07, 6.45) is 0.559. The molecule has 1 N–H and O–H groups in total. The highest BCUT2D eigenvalue weighted by molar-refractivity contribution is 5.88. The number of pyridine rings is 2. The molecule has 1 aromatic carbocycles. The minimum atomic E-state index is -4.75. The minimum Gasteiger partial charge on any atom is -0.354 e. The molecular weight excluding hydrogens is 471 g/mol. The van der Waals surface area contributed by atoms with Crippen LogP contribution in [0.5, 0.6) is 0 Å². The Morgan fingerprint density at radius 3 is 2.58 bits per heavy atom. The van der Waals surface area contributed by atoms with E-state index in [2.05, 4.69) is 37.2 Å². The summed E-state index contributed by atoms with van der Waals surface area (Å²) in [5, 5.41) is 24.8. The lowest BCUT2D eigenvalue weighted by Crippen LogP contribution is -2.16. The predicted molar refractivity (Wildman–Crippen MR) is 125 cm³/mol. The van der Waals surface area contributed by atoms with Gasteiger partial charge >= 0.3 is 6.18 Å². The summed E-state index contributed by atoms with van der Waals surface area (Å²) < 4.78 is 43.7. The number of benzene rings is 1. The fraction of sp³-hybridized carbons (Fsp3) is 0.0833. The van der Waals surface area contributed by atoms with E-state index in [1.165, 1.54) is 29.5 Å². The first kappa shape index (κ1) is 22.7. The van der Waals surface area contributed by atoms with Gasteiger partial charge in [0, 0.05) is 22.3 Å². The minimum absolute atomic E-state index is 0.0709. The van der Waals surface area contributed by atoms with Crippen molar-refractivity contribution in [1.29, 1.82) is 5.26 Å². The van der Waals surface area contributed by atoms with E-state index in [4.69, 9.17) is 0 Å². The Hall–Kier alpha value is -5.05. The Morgan fingerprint density at radius 2 is 1.86 bits per heavy atom. The average Bonchev–Trinajstić information content (AvgIpc) is 3.54. The number of hydrogen-bond donors (Lipinski definition) is 1. The first-order valence-electron chi connectivity index (χ1n) is 10.5. The van der Waals surface area contributed by atoms with E-state index in [1.54, 1.807) is 37.3 Å². The molecule has 12 heteroatoms. The number of aromatic nitrogens is 7. The van der Waals surface area contributed by atoms with Crippen molar-refractivity contribution in [1.82, 2.24) is 34.7 Å². The lowest BCUT2D eigenvalue weighted by molar-refractivity contribution is -0.143. The number of rotatable bonds is 5. The second kappa shape index (κ2) is 8.62. The maximum Gasteiger partial charge on any atom is 0.434 e. The van der Waals surface area contributed by atoms with E-state index in [1.807, 2.05) is 6.07 Å². The topological polar surface area (TPSA) is 110 Å². The molecule has 0 unspecified atom stereocenters. The summed E-state index contributed by atoms with van der Waals surface area (Å²) in [6, 6.07) is 11.8. The van der Waals surface area contributed by atoms with E-state index in [0.29, 0.717) is 10.9 Å². The molecular formula is C24H16F3N9. The van der Waals surface area contributed by atoms with Gasteiger partial charge in [0.2, 0.25) is 0 Å². The third-order valence-electron chi connectivity index (χ3n) is 5.33. The summed E-state index contributed by atoms with van der Waals surface area (Å²) in [5.41, 5.74) is 0.585. The normalized spacial score (nSPS) is 11.4. The first-order chi connectivity index (χ1) is 17.3. The van der Waals surface area contributed by atoms with E-state index >= 15 is 0 Å². The van der Waals surface area contributed by atoms with Gasteiger partial charge < -0.3 is 5.32 Å². The fourth-order valence-electron chi connectivity index (χ4n) is 3.78. The van der Waals surface area contributed by atoms with Crippen molar-refractivity contribution in [2.45, 2.75) is 13.1 Å². The molecule has 5 aromatic rings. The Morgan fingerprint density at radius 1 is 1.08 bits per heavy atom. The summed E-state index contributed by atoms with van der Waals surface area (Å²) in [5.74, 6) is 0.183. The van der Waals surface area contributed by atoms with Crippen molar-refractivity contribution >= 4 is 22.3 Å². The third kappa shape index (κ3) is 4.03. The van der Waals surface area contributed by atoms with Crippen LogP contribution < -0.4 is 5.32 Å². The number of halogens is 3. The summed E-state index contributed by atoms with van der Waals surface area (Å²) >= 11 is 0. The lowest BCUT2D eigenvalue weighted by atomic mass is 10.1. The molecule has 0 aliphatic rings. The molecule has 36 heavy (non-hydrogen) atoms. The number of nitrogens with zero attached hydrogens (tertiary/aromatic N) is 8. The molecule has 0 aliphatic heterocycles. The highest BCUT2D eigenvalue weighted by atomic mass is 19.4. The number of nitriles is 1. The molecule has 9 nitrogen and oxygen atoms in total. The molecule has 4 heterocycles. The van der Waals surface area contributed by atoms with Crippen LogP contribution in [0.3, 0.4) is 0 Å². The van der Waals surface area contributed by atoms with E-state index in [-0.39, 0.29) is 34.0 Å². The molecule has 0 bridgehead atoms. The zero-order valence-corrected chi connectivity index (χ0v) is 18.7. The van der Waals surface area contributed by atoms with Crippen molar-refractivity contribution in [3.63, 3.8) is 0 Å². The highest BCUT2D eigenvalue weighted by Crippen LogP contribution is 2.37. The van der Waals surface area contributed by atoms with Crippen LogP contribution in [0, 0.1) is 18.3 Å². The Bertz CT molecular complexity index is 1640. The molecule has 178 valence electrons. The van der Waals surface area contributed by atoms with Crippen molar-refractivity contribution in [3.8, 4) is 17.6 Å². The first-order valence-corrected chi connectivity index (χ1v) is 10.5. The third-order valence-corrected chi connectivity index (χ3v) is 5.33. The van der Waals surface area contributed by atoms with Crippen LogP contribution in [-0.4, -0.2) is 34.7 Å². The molecule has 0 spiro atoms. The predicted octanol–water partition coefficient (Wildman–Crippen LogP) is 4.68. The SMILES string of the molecule is C=C(Nc1cnc(-n2nccn2)c(C#N)c1)c1cnn(-c2cccc3nc(C)ccc23)c1C(F)(F)F. The van der Waals surface area contributed by atoms with Crippen molar-refractivity contribution in [2.24, 2.45) is 0 Å². The Kier molecular flexibility index (Phi) is 5.44. The average molecular weight is 487 g/mol. The van der Waals surface area contributed by atoms with Gasteiger partial charge in [0.25, 0.3) is 0 Å². The van der Waals surface area contributed by atoms with Gasteiger partial charge in [-0.1, -0.05) is 12.6 Å². The standard InChI is InChI=1S/C24H16F3N9/c1-14-6-7-18-20(33-14)4-3-5-21(18)35-22(24(25,26)27)19(13-32-35)15(2)34-17-10-16(11-28)23(29-12-17)36-30-8-9-31-36/h3-10,12-13,34H,2H2,1H3. The lowest BCUT2D eigenvalue weighted by Gasteiger charge is -2.16. The van der Waals surface area contributed by atoms with Gasteiger partial charge in [0.05, 0.1) is 41.7 Å². The number of anilines is 1. The number of alkyl halides is 3. The van der Waals surface area contributed by atoms with E-state index in [0.717, 1.165) is 16.6 Å². The maximum absolute atomic E-state index is 14.3. The van der Waals surface area contributed by atoms with Crippen LogP contribution in [0.2, 0.25) is 0 Å². The van der Waals surface area contributed by atoms with E-state index in [9.17, 15) is 18.4 Å². The monoisotopic (exact) mass is 487 g/mol. The molecule has 0 amide bonds. The van der Waals surface area contributed by atoms with Gasteiger partial charge in [-0.3, -0.25) is 4.98 Å². The summed E-state index contributed by atoms with van der Waals surface area (Å²) in [4.78, 5) is 9.73. The zero-order chi connectivity index (χ0) is 25.4. The Balaban J connectivity index is 1.55. The molecule has 0 radical (unpaired) electrons. The van der Waals surface area contributed by atoms with Crippen LogP contribution in [0.15, 0.2) is 67.8 Å². The molecule has 0 atom stereocenters. The zero-order valence-electron chi connectivity index (χ0n) is 18.7. The van der Waals surface area contributed by atoms with Crippen LogP contribution in [0.25, 0.3) is 28.1 Å². The fourth-order valence-corrected chi connectivity index (χ4v) is 3.78. The second-order valence-electron chi connectivity index (χ2n) is 7.74. The van der Waals surface area contributed by atoms with Crippen LogP contribution >= 0.6 is 0 Å². The number of nitrogens with one attached hydrogen (secondary N) is 1. The summed E-state index contributed by atoms with van der Waals surface area (Å²) in [6.45, 7) is 5.59. The molecule has 4 aromatic heterocycles. The molecule has 0 aliphatic carbocycles. The number of fused-ring (bicyclic) bond motifs is 1. The number of aryl methyl sites for hydroxylation is 1. The quantitative estimate of drug-likeness (QED) is 0.383. The molecule has 0 saturated carbocycles.